The Morgan fingerprint density at radius 2 is 1.87 bits per heavy atom. The second kappa shape index (κ2) is 8.25. The molecule has 1 N–H and O–H groups in total. The lowest BCUT2D eigenvalue weighted by Gasteiger charge is -2.24. The molecule has 1 fully saturated rings. The summed E-state index contributed by atoms with van der Waals surface area (Å²) in [5.41, 5.74) is 0.723. The minimum absolute atomic E-state index is 0.171. The maximum atomic E-state index is 13.4. The Kier molecular flexibility index (Phi) is 5.67. The Morgan fingerprint density at radius 1 is 1.10 bits per heavy atom. The number of sulfonamides is 1. The molecule has 0 bridgehead atoms. The summed E-state index contributed by atoms with van der Waals surface area (Å²) in [7, 11) is -3.78. The molecule has 0 aliphatic carbocycles. The fourth-order valence-electron chi connectivity index (χ4n) is 3.09. The molecule has 0 saturated carbocycles. The summed E-state index contributed by atoms with van der Waals surface area (Å²) < 4.78 is 58.4. The Morgan fingerprint density at radius 3 is 2.60 bits per heavy atom. The molecule has 0 spiro atoms. The first-order valence-electron chi connectivity index (χ1n) is 9.17. The lowest BCUT2D eigenvalue weighted by atomic mass is 10.2. The van der Waals surface area contributed by atoms with Crippen LogP contribution >= 0.6 is 11.3 Å². The molecule has 11 heteroatoms. The molecule has 158 valence electrons. The molecule has 4 rings (SSSR count). The van der Waals surface area contributed by atoms with Crippen LogP contribution in [0, 0.1) is 11.6 Å². The van der Waals surface area contributed by atoms with Gasteiger partial charge in [0.15, 0.2) is 22.5 Å². The second-order valence-electron chi connectivity index (χ2n) is 6.70. The number of halogens is 2. The summed E-state index contributed by atoms with van der Waals surface area (Å²) in [6.07, 6.45) is 2.56. The number of piperidine rings is 1. The van der Waals surface area contributed by atoms with Gasteiger partial charge in [-0.2, -0.15) is 4.31 Å². The lowest BCUT2D eigenvalue weighted by molar-refractivity contribution is 0.0991. The first kappa shape index (κ1) is 20.6. The Balaban J connectivity index is 1.47. The highest BCUT2D eigenvalue weighted by Gasteiger charge is 2.29. The van der Waals surface area contributed by atoms with Crippen LogP contribution in [0.4, 0.5) is 13.9 Å². The van der Waals surface area contributed by atoms with Gasteiger partial charge >= 0.3 is 0 Å². The van der Waals surface area contributed by atoms with E-state index in [0.29, 0.717) is 24.3 Å². The normalized spacial score (nSPS) is 15.3. The molecular formula is C19H17F2N3O4S2. The zero-order valence-corrected chi connectivity index (χ0v) is 17.2. The van der Waals surface area contributed by atoms with Gasteiger partial charge in [0.25, 0.3) is 15.9 Å². The zero-order chi connectivity index (χ0) is 21.3. The average molecular weight is 453 g/mol. The molecular weight excluding hydrogens is 436 g/mol. The number of amides is 1. The maximum absolute atomic E-state index is 13.4. The van der Waals surface area contributed by atoms with Gasteiger partial charge in [0, 0.05) is 24.0 Å². The smallest absolute Gasteiger partial charge is 0.293 e. The van der Waals surface area contributed by atoms with Crippen LogP contribution in [-0.2, 0) is 10.0 Å². The van der Waals surface area contributed by atoms with Crippen LogP contribution in [0.3, 0.4) is 0 Å². The number of anilines is 1. The molecule has 1 aromatic carbocycles. The van der Waals surface area contributed by atoms with Gasteiger partial charge in [-0.25, -0.2) is 22.2 Å². The Hall–Kier alpha value is -2.63. The van der Waals surface area contributed by atoms with Crippen LogP contribution in [0.15, 0.2) is 45.2 Å². The van der Waals surface area contributed by atoms with Gasteiger partial charge < -0.3 is 4.42 Å². The van der Waals surface area contributed by atoms with Crippen molar-refractivity contribution >= 4 is 32.4 Å². The molecule has 1 amide bonds. The molecule has 2 aromatic heterocycles. The zero-order valence-electron chi connectivity index (χ0n) is 15.6. The van der Waals surface area contributed by atoms with Crippen molar-refractivity contribution in [3.05, 3.63) is 53.1 Å². The van der Waals surface area contributed by atoms with E-state index in [1.54, 1.807) is 5.38 Å². The number of nitrogens with zero attached hydrogens (tertiary/aromatic N) is 2. The summed E-state index contributed by atoms with van der Waals surface area (Å²) in [6.45, 7) is 0.854. The third kappa shape index (κ3) is 4.13. The minimum atomic E-state index is -3.78. The summed E-state index contributed by atoms with van der Waals surface area (Å²) in [6, 6.07) is 5.93. The molecule has 30 heavy (non-hydrogen) atoms. The molecule has 0 unspecified atom stereocenters. The lowest BCUT2D eigenvalue weighted by Crippen LogP contribution is -2.35. The van der Waals surface area contributed by atoms with Crippen LogP contribution in [0.2, 0.25) is 0 Å². The number of benzene rings is 1. The summed E-state index contributed by atoms with van der Waals surface area (Å²) in [4.78, 5) is 16.6. The van der Waals surface area contributed by atoms with E-state index < -0.39 is 27.6 Å². The number of carbonyl (C=O) groups excluding carboxylic acids is 1. The summed E-state index contributed by atoms with van der Waals surface area (Å²) in [5, 5.41) is 4.02. The minimum Gasteiger partial charge on any atom is -0.438 e. The molecule has 3 heterocycles. The average Bonchev–Trinajstić information content (AvgIpc) is 3.41. The largest absolute Gasteiger partial charge is 0.438 e. The number of thiazole rings is 1. The van der Waals surface area contributed by atoms with Gasteiger partial charge in [0.05, 0.1) is 5.69 Å². The third-order valence-corrected chi connectivity index (χ3v) is 7.18. The van der Waals surface area contributed by atoms with Crippen molar-refractivity contribution in [3.8, 4) is 11.3 Å². The van der Waals surface area contributed by atoms with Crippen molar-refractivity contribution in [2.75, 3.05) is 18.4 Å². The van der Waals surface area contributed by atoms with Crippen LogP contribution in [0.5, 0.6) is 0 Å². The highest BCUT2D eigenvalue weighted by molar-refractivity contribution is 7.89. The molecule has 1 aliphatic heterocycles. The van der Waals surface area contributed by atoms with Crippen molar-refractivity contribution in [2.45, 2.75) is 24.4 Å². The third-order valence-electron chi connectivity index (χ3n) is 4.65. The van der Waals surface area contributed by atoms with Crippen LogP contribution in [-0.4, -0.2) is 36.7 Å². The molecule has 1 saturated heterocycles. The van der Waals surface area contributed by atoms with Crippen LogP contribution < -0.4 is 5.32 Å². The van der Waals surface area contributed by atoms with Gasteiger partial charge in [-0.1, -0.05) is 6.42 Å². The van der Waals surface area contributed by atoms with Crippen LogP contribution in [0.25, 0.3) is 11.3 Å². The summed E-state index contributed by atoms with van der Waals surface area (Å²) in [5.74, 6) is -2.80. The Labute approximate surface area is 175 Å². The van der Waals surface area contributed by atoms with Crippen molar-refractivity contribution < 1.29 is 26.4 Å². The van der Waals surface area contributed by atoms with E-state index >= 15 is 0 Å². The fraction of sp³-hybridized carbons (Fsp3) is 0.263. The summed E-state index contributed by atoms with van der Waals surface area (Å²) >= 11 is 1.09. The molecule has 7 nitrogen and oxygen atoms in total. The van der Waals surface area contributed by atoms with Gasteiger partial charge in [0.2, 0.25) is 5.09 Å². The highest BCUT2D eigenvalue weighted by atomic mass is 32.2. The van der Waals surface area contributed by atoms with Gasteiger partial charge in [-0.15, -0.1) is 11.3 Å². The predicted molar refractivity (Wildman–Crippen MR) is 107 cm³/mol. The maximum Gasteiger partial charge on any atom is 0.293 e. The highest BCUT2D eigenvalue weighted by Crippen LogP contribution is 2.27. The van der Waals surface area contributed by atoms with E-state index in [4.69, 9.17) is 4.42 Å². The van der Waals surface area contributed by atoms with E-state index in [1.165, 1.54) is 22.5 Å². The number of hydrogen-bond acceptors (Lipinski definition) is 6. The number of hydrogen-bond donors (Lipinski definition) is 1. The molecule has 3 aromatic rings. The van der Waals surface area contributed by atoms with E-state index in [2.05, 4.69) is 10.3 Å². The van der Waals surface area contributed by atoms with E-state index in [-0.39, 0.29) is 16.0 Å². The molecule has 0 atom stereocenters. The monoisotopic (exact) mass is 453 g/mol. The predicted octanol–water partition coefficient (Wildman–Crippen LogP) is 4.11. The fourth-order valence-corrected chi connectivity index (χ4v) is 5.23. The van der Waals surface area contributed by atoms with Gasteiger partial charge in [-0.3, -0.25) is 10.1 Å². The number of aromatic nitrogens is 1. The molecule has 0 radical (unpaired) electrons. The Bertz CT molecular complexity index is 1180. The van der Waals surface area contributed by atoms with Crippen molar-refractivity contribution in [1.29, 1.82) is 0 Å². The van der Waals surface area contributed by atoms with Gasteiger partial charge in [-0.05, 0) is 43.2 Å². The number of carbonyl (C=O) groups is 1. The first-order valence-corrected chi connectivity index (χ1v) is 11.5. The van der Waals surface area contributed by atoms with E-state index in [9.17, 15) is 22.0 Å². The van der Waals surface area contributed by atoms with E-state index in [1.807, 2.05) is 0 Å². The SMILES string of the molecule is O=C(Nc1nc(-c2ccc(F)c(F)c2)cs1)c1ccc(S(=O)(=O)N2CCCCC2)o1. The van der Waals surface area contributed by atoms with E-state index in [0.717, 1.165) is 42.7 Å². The quantitative estimate of drug-likeness (QED) is 0.628. The van der Waals surface area contributed by atoms with Crippen LogP contribution in [0.1, 0.15) is 29.8 Å². The number of furan rings is 1. The second-order valence-corrected chi connectivity index (χ2v) is 9.43. The van der Waals surface area contributed by atoms with Crippen molar-refractivity contribution in [1.82, 2.24) is 9.29 Å². The van der Waals surface area contributed by atoms with Crippen molar-refractivity contribution in [3.63, 3.8) is 0 Å². The number of nitrogens with one attached hydrogen (secondary N) is 1. The first-order chi connectivity index (χ1) is 14.3. The standard InChI is InChI=1S/C19H17F2N3O4S2/c20-13-5-4-12(10-14(13)21)15-11-29-19(22-15)23-18(25)16-6-7-17(28-16)30(26,27)24-8-2-1-3-9-24/h4-7,10-11H,1-3,8-9H2,(H,22,23,25). The number of rotatable bonds is 5. The van der Waals surface area contributed by atoms with Crippen molar-refractivity contribution in [2.24, 2.45) is 0 Å². The topological polar surface area (TPSA) is 92.5 Å². The van der Waals surface area contributed by atoms with Gasteiger partial charge in [0.1, 0.15) is 0 Å². The molecule has 1 aliphatic rings.